The number of nitrogens with zero attached hydrogens (tertiary/aromatic N) is 1. The Balaban J connectivity index is 2.11. The smallest absolute Gasteiger partial charge is 0.0646 e. The van der Waals surface area contributed by atoms with Crippen molar-refractivity contribution in [3.8, 4) is 0 Å². The fourth-order valence-electron chi connectivity index (χ4n) is 3.05. The number of ether oxygens (including phenoxy) is 1. The summed E-state index contributed by atoms with van der Waals surface area (Å²) in [6.45, 7) is 4.59. The van der Waals surface area contributed by atoms with Crippen LogP contribution in [0.2, 0.25) is 0 Å². The van der Waals surface area contributed by atoms with Crippen molar-refractivity contribution in [3.05, 3.63) is 0 Å². The molecule has 0 aromatic heterocycles. The predicted octanol–water partition coefficient (Wildman–Crippen LogP) is 1.65. The first-order chi connectivity index (χ1) is 5.78. The Bertz CT molecular complexity index is 167. The van der Waals surface area contributed by atoms with Crippen LogP contribution in [0.1, 0.15) is 32.6 Å². The van der Waals surface area contributed by atoms with Gasteiger partial charge in [-0.25, -0.2) is 0 Å². The summed E-state index contributed by atoms with van der Waals surface area (Å²) < 4.78 is 5.34. The number of hydrogen-bond acceptors (Lipinski definition) is 2. The lowest BCUT2D eigenvalue weighted by atomic mass is 9.95. The highest BCUT2D eigenvalue weighted by Gasteiger charge is 2.47. The molecule has 0 aromatic carbocycles. The molecule has 70 valence electrons. The van der Waals surface area contributed by atoms with E-state index in [1.54, 1.807) is 0 Å². The van der Waals surface area contributed by atoms with E-state index in [0.717, 1.165) is 12.6 Å². The van der Waals surface area contributed by atoms with Gasteiger partial charge in [-0.05, 0) is 39.2 Å². The molecule has 0 unspecified atom stereocenters. The van der Waals surface area contributed by atoms with Gasteiger partial charge >= 0.3 is 0 Å². The Kier molecular flexibility index (Phi) is 2.13. The number of fused-ring (bicyclic) bond motifs is 1. The van der Waals surface area contributed by atoms with Crippen molar-refractivity contribution in [1.29, 1.82) is 0 Å². The SMILES string of the molecule is COC[C@@]12CCCN1[C@@H](C)CC2. The van der Waals surface area contributed by atoms with Gasteiger partial charge in [0.15, 0.2) is 0 Å². The zero-order chi connectivity index (χ0) is 8.60. The van der Waals surface area contributed by atoms with Crippen LogP contribution in [0.4, 0.5) is 0 Å². The molecule has 2 heteroatoms. The van der Waals surface area contributed by atoms with Gasteiger partial charge in [0.05, 0.1) is 6.61 Å². The number of hydrogen-bond donors (Lipinski definition) is 0. The Hall–Kier alpha value is -0.0800. The highest BCUT2D eigenvalue weighted by Crippen LogP contribution is 2.42. The quantitative estimate of drug-likeness (QED) is 0.623. The van der Waals surface area contributed by atoms with E-state index in [2.05, 4.69) is 11.8 Å². The predicted molar refractivity (Wildman–Crippen MR) is 49.2 cm³/mol. The van der Waals surface area contributed by atoms with Crippen molar-refractivity contribution in [2.45, 2.75) is 44.2 Å². The molecule has 0 amide bonds. The summed E-state index contributed by atoms with van der Waals surface area (Å²) >= 11 is 0. The van der Waals surface area contributed by atoms with Crippen molar-refractivity contribution in [2.24, 2.45) is 0 Å². The molecule has 0 radical (unpaired) electrons. The van der Waals surface area contributed by atoms with Crippen LogP contribution < -0.4 is 0 Å². The third-order valence-corrected chi connectivity index (χ3v) is 3.62. The van der Waals surface area contributed by atoms with Crippen LogP contribution in [0.25, 0.3) is 0 Å². The average Bonchev–Trinajstić information content (AvgIpc) is 2.55. The van der Waals surface area contributed by atoms with Crippen LogP contribution >= 0.6 is 0 Å². The molecule has 0 aliphatic carbocycles. The third kappa shape index (κ3) is 1.09. The molecule has 2 nitrogen and oxygen atoms in total. The molecule has 0 N–H and O–H groups in total. The maximum absolute atomic E-state index is 5.34. The normalized spacial score (nSPS) is 42.0. The lowest BCUT2D eigenvalue weighted by molar-refractivity contribution is 0.0527. The van der Waals surface area contributed by atoms with E-state index in [9.17, 15) is 0 Å². The molecule has 2 heterocycles. The van der Waals surface area contributed by atoms with Crippen LogP contribution in [-0.4, -0.2) is 36.7 Å². The summed E-state index contributed by atoms with van der Waals surface area (Å²) in [7, 11) is 1.83. The van der Waals surface area contributed by atoms with Crippen LogP contribution in [0.15, 0.2) is 0 Å². The maximum Gasteiger partial charge on any atom is 0.0646 e. The molecule has 2 rings (SSSR count). The molecule has 2 atom stereocenters. The first-order valence-corrected chi connectivity index (χ1v) is 5.04. The van der Waals surface area contributed by atoms with E-state index >= 15 is 0 Å². The topological polar surface area (TPSA) is 12.5 Å². The molecule has 2 aliphatic heterocycles. The van der Waals surface area contributed by atoms with E-state index in [1.165, 1.54) is 32.2 Å². The van der Waals surface area contributed by atoms with E-state index in [0.29, 0.717) is 5.54 Å². The molecule has 12 heavy (non-hydrogen) atoms. The van der Waals surface area contributed by atoms with Crippen molar-refractivity contribution in [1.82, 2.24) is 4.90 Å². The van der Waals surface area contributed by atoms with Gasteiger partial charge in [0.2, 0.25) is 0 Å². The minimum absolute atomic E-state index is 0.439. The summed E-state index contributed by atoms with van der Waals surface area (Å²) in [5, 5.41) is 0. The zero-order valence-corrected chi connectivity index (χ0v) is 8.18. The lowest BCUT2D eigenvalue weighted by Gasteiger charge is -2.33. The highest BCUT2D eigenvalue weighted by molar-refractivity contribution is 5.03. The van der Waals surface area contributed by atoms with Crippen LogP contribution in [-0.2, 0) is 4.74 Å². The molecule has 0 spiro atoms. The van der Waals surface area contributed by atoms with Gasteiger partial charge in [0.25, 0.3) is 0 Å². The van der Waals surface area contributed by atoms with Crippen LogP contribution in [0.3, 0.4) is 0 Å². The minimum Gasteiger partial charge on any atom is -0.383 e. The first kappa shape index (κ1) is 8.52. The second kappa shape index (κ2) is 3.00. The lowest BCUT2D eigenvalue weighted by Crippen LogP contribution is -2.44. The maximum atomic E-state index is 5.34. The average molecular weight is 169 g/mol. The monoisotopic (exact) mass is 169 g/mol. The molecule has 0 bridgehead atoms. The van der Waals surface area contributed by atoms with E-state index in [1.807, 2.05) is 7.11 Å². The van der Waals surface area contributed by atoms with Gasteiger partial charge in [-0.3, -0.25) is 4.90 Å². The van der Waals surface area contributed by atoms with Crippen molar-refractivity contribution in [2.75, 3.05) is 20.3 Å². The molecular formula is C10H19NO. The van der Waals surface area contributed by atoms with Gasteiger partial charge in [0, 0.05) is 18.7 Å². The second-order valence-electron chi connectivity index (χ2n) is 4.34. The Morgan fingerprint density at radius 1 is 1.50 bits per heavy atom. The van der Waals surface area contributed by atoms with E-state index < -0.39 is 0 Å². The number of methoxy groups -OCH3 is 1. The fourth-order valence-corrected chi connectivity index (χ4v) is 3.05. The van der Waals surface area contributed by atoms with E-state index in [4.69, 9.17) is 4.74 Å². The summed E-state index contributed by atoms with van der Waals surface area (Å²) in [5.41, 5.74) is 0.439. The molecule has 0 aromatic rings. The largest absolute Gasteiger partial charge is 0.383 e. The zero-order valence-electron chi connectivity index (χ0n) is 8.18. The van der Waals surface area contributed by atoms with Crippen LogP contribution in [0.5, 0.6) is 0 Å². The Labute approximate surface area is 74.9 Å². The molecular weight excluding hydrogens is 150 g/mol. The Morgan fingerprint density at radius 3 is 3.08 bits per heavy atom. The molecule has 2 fully saturated rings. The molecule has 2 saturated heterocycles. The summed E-state index contributed by atoms with van der Waals surface area (Å²) in [6.07, 6.45) is 5.43. The number of rotatable bonds is 2. The van der Waals surface area contributed by atoms with Gasteiger partial charge in [-0.15, -0.1) is 0 Å². The third-order valence-electron chi connectivity index (χ3n) is 3.62. The van der Waals surface area contributed by atoms with E-state index in [-0.39, 0.29) is 0 Å². The standard InChI is InChI=1S/C10H19NO/c1-9-4-6-10(8-12-2)5-3-7-11(9)10/h9H,3-8H2,1-2H3/t9-,10-/m0/s1. The highest BCUT2D eigenvalue weighted by atomic mass is 16.5. The molecule has 2 aliphatic rings. The minimum atomic E-state index is 0.439. The fraction of sp³-hybridized carbons (Fsp3) is 1.00. The summed E-state index contributed by atoms with van der Waals surface area (Å²) in [5.74, 6) is 0. The van der Waals surface area contributed by atoms with Gasteiger partial charge in [-0.2, -0.15) is 0 Å². The summed E-state index contributed by atoms with van der Waals surface area (Å²) in [4.78, 5) is 2.66. The van der Waals surface area contributed by atoms with Gasteiger partial charge in [-0.1, -0.05) is 0 Å². The van der Waals surface area contributed by atoms with Crippen molar-refractivity contribution < 1.29 is 4.74 Å². The molecule has 0 saturated carbocycles. The second-order valence-corrected chi connectivity index (χ2v) is 4.34. The summed E-state index contributed by atoms with van der Waals surface area (Å²) in [6, 6.07) is 0.794. The Morgan fingerprint density at radius 2 is 2.33 bits per heavy atom. The van der Waals surface area contributed by atoms with Gasteiger partial charge in [0.1, 0.15) is 0 Å². The van der Waals surface area contributed by atoms with Crippen LogP contribution in [0, 0.1) is 0 Å². The van der Waals surface area contributed by atoms with Gasteiger partial charge < -0.3 is 4.74 Å². The van der Waals surface area contributed by atoms with Crippen molar-refractivity contribution >= 4 is 0 Å². The van der Waals surface area contributed by atoms with Crippen molar-refractivity contribution in [3.63, 3.8) is 0 Å². The first-order valence-electron chi connectivity index (χ1n) is 5.04.